The highest BCUT2D eigenvalue weighted by Gasteiger charge is 2.02. The third-order valence-corrected chi connectivity index (χ3v) is 1.86. The molecule has 0 fully saturated rings. The Morgan fingerprint density at radius 2 is 2.21 bits per heavy atom. The molecule has 0 aliphatic carbocycles. The molecule has 2 N–H and O–H groups in total. The molecule has 0 heterocycles. The summed E-state index contributed by atoms with van der Waals surface area (Å²) in [4.78, 5) is 10.4. The summed E-state index contributed by atoms with van der Waals surface area (Å²) in [5.74, 6) is -1.05. The van der Waals surface area contributed by atoms with Crippen LogP contribution in [0.1, 0.15) is 11.1 Å². The maximum absolute atomic E-state index is 10.4. The summed E-state index contributed by atoms with van der Waals surface area (Å²) in [6, 6.07) is 7.36. The number of aliphatic carboxylic acids is 1. The quantitative estimate of drug-likeness (QED) is 0.713. The van der Waals surface area contributed by atoms with E-state index in [-0.39, 0.29) is 6.61 Å². The summed E-state index contributed by atoms with van der Waals surface area (Å²) in [5, 5.41) is 17.5. The monoisotopic (exact) mass is 192 g/mol. The minimum atomic E-state index is -1.05. The highest BCUT2D eigenvalue weighted by Crippen LogP contribution is 2.14. The number of aliphatic hydroxyl groups excluding tert-OH is 1. The van der Waals surface area contributed by atoms with Gasteiger partial charge >= 0.3 is 5.97 Å². The van der Waals surface area contributed by atoms with Crippen LogP contribution < -0.4 is 0 Å². The van der Waals surface area contributed by atoms with Gasteiger partial charge < -0.3 is 10.2 Å². The van der Waals surface area contributed by atoms with Crippen molar-refractivity contribution in [3.63, 3.8) is 0 Å². The molecule has 0 aliphatic heterocycles. The third kappa shape index (κ3) is 2.71. The summed E-state index contributed by atoms with van der Waals surface area (Å²) in [6.45, 7) is 1.65. The van der Waals surface area contributed by atoms with Crippen molar-refractivity contribution in [1.29, 1.82) is 0 Å². The molecule has 0 aromatic heterocycles. The zero-order valence-corrected chi connectivity index (χ0v) is 7.90. The van der Waals surface area contributed by atoms with Crippen molar-refractivity contribution in [3.8, 4) is 0 Å². The Morgan fingerprint density at radius 3 is 2.71 bits per heavy atom. The first kappa shape index (κ1) is 10.5. The van der Waals surface area contributed by atoms with Crippen LogP contribution in [0.15, 0.2) is 30.3 Å². The molecule has 0 unspecified atom stereocenters. The Hall–Kier alpha value is -1.61. The van der Waals surface area contributed by atoms with Gasteiger partial charge in [0.25, 0.3) is 0 Å². The van der Waals surface area contributed by atoms with Crippen LogP contribution in [0, 0.1) is 6.92 Å². The average Bonchev–Trinajstić information content (AvgIpc) is 2.14. The maximum Gasteiger partial charge on any atom is 0.328 e. The van der Waals surface area contributed by atoms with Crippen molar-refractivity contribution < 1.29 is 15.0 Å². The fourth-order valence-electron chi connectivity index (χ4n) is 1.21. The molecule has 1 rings (SSSR count). The number of rotatable bonds is 3. The van der Waals surface area contributed by atoms with Crippen molar-refractivity contribution >= 4 is 11.5 Å². The van der Waals surface area contributed by atoms with E-state index in [0.717, 1.165) is 17.2 Å². The second kappa shape index (κ2) is 4.58. The van der Waals surface area contributed by atoms with Crippen molar-refractivity contribution in [3.05, 3.63) is 41.5 Å². The molecule has 0 saturated carbocycles. The topological polar surface area (TPSA) is 57.5 Å². The predicted molar refractivity (Wildman–Crippen MR) is 53.9 cm³/mol. The molecule has 0 saturated heterocycles. The Balaban J connectivity index is 3.07. The molecule has 0 radical (unpaired) electrons. The Labute approximate surface area is 82.3 Å². The number of benzene rings is 1. The molecular formula is C11H12O3. The molecule has 0 atom stereocenters. The number of hydrogen-bond acceptors (Lipinski definition) is 2. The number of carbonyl (C=O) groups is 1. The minimum absolute atomic E-state index is 0.268. The molecule has 14 heavy (non-hydrogen) atoms. The van der Waals surface area contributed by atoms with Crippen molar-refractivity contribution in [1.82, 2.24) is 0 Å². The summed E-state index contributed by atoms with van der Waals surface area (Å²) < 4.78 is 0. The van der Waals surface area contributed by atoms with Gasteiger partial charge in [-0.3, -0.25) is 0 Å². The lowest BCUT2D eigenvalue weighted by Crippen LogP contribution is -1.96. The van der Waals surface area contributed by atoms with Crippen molar-refractivity contribution in [2.75, 3.05) is 6.61 Å². The number of carboxylic acid groups (broad SMARTS) is 1. The van der Waals surface area contributed by atoms with Crippen LogP contribution in [-0.2, 0) is 4.79 Å². The van der Waals surface area contributed by atoms with Gasteiger partial charge in [-0.2, -0.15) is 0 Å². The van der Waals surface area contributed by atoms with E-state index < -0.39 is 5.97 Å². The van der Waals surface area contributed by atoms with Crippen LogP contribution >= 0.6 is 0 Å². The first-order valence-electron chi connectivity index (χ1n) is 4.25. The van der Waals surface area contributed by atoms with E-state index in [1.807, 2.05) is 25.1 Å². The fraction of sp³-hybridized carbons (Fsp3) is 0.182. The lowest BCUT2D eigenvalue weighted by molar-refractivity contribution is -0.131. The highest BCUT2D eigenvalue weighted by molar-refractivity contribution is 5.90. The zero-order chi connectivity index (χ0) is 10.6. The van der Waals surface area contributed by atoms with Gasteiger partial charge in [-0.25, -0.2) is 4.79 Å². The largest absolute Gasteiger partial charge is 0.478 e. The van der Waals surface area contributed by atoms with Gasteiger partial charge in [0.1, 0.15) is 0 Å². The zero-order valence-electron chi connectivity index (χ0n) is 7.90. The van der Waals surface area contributed by atoms with Gasteiger partial charge in [-0.05, 0) is 18.1 Å². The van der Waals surface area contributed by atoms with Crippen LogP contribution in [0.2, 0.25) is 0 Å². The molecule has 1 aromatic rings. The SMILES string of the molecule is Cc1cccc(/C(=C/C(=O)O)CO)c1. The predicted octanol–water partition coefficient (Wildman–Crippen LogP) is 1.46. The summed E-state index contributed by atoms with van der Waals surface area (Å²) in [5.41, 5.74) is 2.20. The lowest BCUT2D eigenvalue weighted by Gasteiger charge is -2.03. The molecule has 74 valence electrons. The highest BCUT2D eigenvalue weighted by atomic mass is 16.4. The van der Waals surface area contributed by atoms with Gasteiger partial charge in [-0.15, -0.1) is 0 Å². The molecule has 0 aliphatic rings. The van der Waals surface area contributed by atoms with Crippen LogP contribution in [-0.4, -0.2) is 22.8 Å². The smallest absolute Gasteiger partial charge is 0.328 e. The summed E-state index contributed by atoms with van der Waals surface area (Å²) >= 11 is 0. The van der Waals surface area contributed by atoms with E-state index in [1.54, 1.807) is 6.07 Å². The van der Waals surface area contributed by atoms with E-state index in [2.05, 4.69) is 0 Å². The number of carboxylic acids is 1. The molecular weight excluding hydrogens is 180 g/mol. The second-order valence-corrected chi connectivity index (χ2v) is 3.04. The number of aryl methyl sites for hydroxylation is 1. The third-order valence-electron chi connectivity index (χ3n) is 1.86. The van der Waals surface area contributed by atoms with Gasteiger partial charge in [-0.1, -0.05) is 29.8 Å². The number of hydrogen-bond donors (Lipinski definition) is 2. The Kier molecular flexibility index (Phi) is 3.42. The molecule has 3 nitrogen and oxygen atoms in total. The van der Waals surface area contributed by atoms with Crippen LogP contribution in [0.3, 0.4) is 0 Å². The molecule has 0 amide bonds. The normalized spacial score (nSPS) is 11.4. The average molecular weight is 192 g/mol. The Bertz CT molecular complexity index is 367. The molecule has 1 aromatic carbocycles. The Morgan fingerprint density at radius 1 is 1.50 bits per heavy atom. The molecule has 0 spiro atoms. The molecule has 0 bridgehead atoms. The van der Waals surface area contributed by atoms with Crippen LogP contribution in [0.4, 0.5) is 0 Å². The number of aliphatic hydroxyl groups is 1. The van der Waals surface area contributed by atoms with Crippen LogP contribution in [0.25, 0.3) is 5.57 Å². The van der Waals surface area contributed by atoms with Crippen molar-refractivity contribution in [2.45, 2.75) is 6.92 Å². The summed E-state index contributed by atoms with van der Waals surface area (Å²) in [6.07, 6.45) is 1.02. The lowest BCUT2D eigenvalue weighted by atomic mass is 10.0. The summed E-state index contributed by atoms with van der Waals surface area (Å²) in [7, 11) is 0. The van der Waals surface area contributed by atoms with Gasteiger partial charge in [0.2, 0.25) is 0 Å². The first-order chi connectivity index (χ1) is 6.63. The van der Waals surface area contributed by atoms with E-state index >= 15 is 0 Å². The second-order valence-electron chi connectivity index (χ2n) is 3.04. The maximum atomic E-state index is 10.4. The van der Waals surface area contributed by atoms with E-state index in [0.29, 0.717) is 5.57 Å². The standard InChI is InChI=1S/C11H12O3/c1-8-3-2-4-9(5-8)10(7-12)6-11(13)14/h2-6,12H,7H2,1H3,(H,13,14)/b10-6+. The van der Waals surface area contributed by atoms with Crippen LogP contribution in [0.5, 0.6) is 0 Å². The van der Waals surface area contributed by atoms with E-state index in [1.165, 1.54) is 0 Å². The van der Waals surface area contributed by atoms with Gasteiger partial charge in [0.15, 0.2) is 0 Å². The van der Waals surface area contributed by atoms with E-state index in [9.17, 15) is 4.79 Å². The minimum Gasteiger partial charge on any atom is -0.478 e. The first-order valence-corrected chi connectivity index (χ1v) is 4.25. The van der Waals surface area contributed by atoms with Gasteiger partial charge in [0, 0.05) is 6.08 Å². The fourth-order valence-corrected chi connectivity index (χ4v) is 1.21. The van der Waals surface area contributed by atoms with Crippen molar-refractivity contribution in [2.24, 2.45) is 0 Å². The van der Waals surface area contributed by atoms with E-state index in [4.69, 9.17) is 10.2 Å². The van der Waals surface area contributed by atoms with Gasteiger partial charge in [0.05, 0.1) is 6.61 Å². The molecule has 3 heteroatoms.